The maximum Gasteiger partial charge on any atom is 0.631 e. The van der Waals surface area contributed by atoms with E-state index in [0.717, 1.165) is 0 Å². The molecule has 0 aliphatic carbocycles. The third-order valence-corrected chi connectivity index (χ3v) is 0. The molecule has 0 aromatic rings. The van der Waals surface area contributed by atoms with Crippen LogP contribution < -0.4 is 0 Å². The number of hydrogen-bond acceptors (Lipinski definition) is 3. The third-order valence-electron chi connectivity index (χ3n) is 0. The van der Waals surface area contributed by atoms with E-state index in [-0.39, 0.29) is 38.2 Å². The topological polar surface area (TPSA) is 60.7 Å². The van der Waals surface area contributed by atoms with Crippen molar-refractivity contribution >= 4 is 7.32 Å². The molecule has 0 aliphatic heterocycles. The summed E-state index contributed by atoms with van der Waals surface area (Å²) in [5.74, 6) is 0. The fraction of sp³-hybridized carbons (Fsp3) is 0. The van der Waals surface area contributed by atoms with E-state index in [1.807, 2.05) is 0 Å². The van der Waals surface area contributed by atoms with E-state index < -0.39 is 7.32 Å². The molecule has 0 heterocycles. The van der Waals surface area contributed by atoms with Crippen molar-refractivity contribution in [2.45, 2.75) is 0 Å². The van der Waals surface area contributed by atoms with Gasteiger partial charge in [-0.15, -0.1) is 0 Å². The largest absolute Gasteiger partial charge is 0.631 e. The van der Waals surface area contributed by atoms with Crippen molar-refractivity contribution < 1.29 is 53.2 Å². The van der Waals surface area contributed by atoms with Gasteiger partial charge in [0.1, 0.15) is 0 Å². The molecule has 0 spiro atoms. The van der Waals surface area contributed by atoms with E-state index in [0.29, 0.717) is 0 Å². The Labute approximate surface area is 60.2 Å². The molecule has 3 nitrogen and oxygen atoms in total. The summed E-state index contributed by atoms with van der Waals surface area (Å²) < 4.78 is 0. The average Bonchev–Trinajstić information content (AvgIpc) is 0.811. The van der Waals surface area contributed by atoms with Crippen molar-refractivity contribution in [3.63, 3.8) is 0 Å². The Morgan fingerprint density at radius 2 is 1.00 bits per heavy atom. The summed E-state index contributed by atoms with van der Waals surface area (Å²) in [4.78, 5) is 0. The van der Waals surface area contributed by atoms with E-state index in [4.69, 9.17) is 15.1 Å². The molecule has 0 saturated carbocycles. The minimum absolute atomic E-state index is 0. The maximum atomic E-state index is 7.17. The van der Waals surface area contributed by atoms with Gasteiger partial charge in [-0.25, -0.2) is 0 Å². The summed E-state index contributed by atoms with van der Waals surface area (Å²) in [6.07, 6.45) is 0. The monoisotopic (exact) mass is 226 g/mol. The van der Waals surface area contributed by atoms with Crippen LogP contribution in [0.4, 0.5) is 0 Å². The summed E-state index contributed by atoms with van der Waals surface area (Å²) in [5, 5.41) is 21.5. The molecule has 0 amide bonds. The summed E-state index contributed by atoms with van der Waals surface area (Å²) in [6, 6.07) is 0. The van der Waals surface area contributed by atoms with Gasteiger partial charge in [0.15, 0.2) is 0 Å². The quantitative estimate of drug-likeness (QED) is 0.415. The average molecular weight is 224 g/mol. The van der Waals surface area contributed by atoms with Gasteiger partial charge >= 0.3 is 7.32 Å². The van der Waals surface area contributed by atoms with Crippen LogP contribution in [0, 0.1) is 38.2 Å². The Bertz CT molecular complexity index is 11.6. The van der Waals surface area contributed by atoms with E-state index in [9.17, 15) is 0 Å². The van der Waals surface area contributed by atoms with E-state index in [1.165, 1.54) is 0 Å². The molecule has 0 bridgehead atoms. The van der Waals surface area contributed by atoms with Gasteiger partial charge in [-0.2, -0.15) is 0 Å². The zero-order chi connectivity index (χ0) is 3.58. The molecule has 5 heavy (non-hydrogen) atoms. The van der Waals surface area contributed by atoms with Gasteiger partial charge < -0.3 is 15.1 Å². The first-order valence-corrected chi connectivity index (χ1v) is 0.775. The molecule has 5 heteroatoms. The van der Waals surface area contributed by atoms with Crippen molar-refractivity contribution in [3.8, 4) is 0 Å². The van der Waals surface area contributed by atoms with E-state index in [2.05, 4.69) is 0 Å². The first-order valence-electron chi connectivity index (χ1n) is 0.775. The SMILES string of the molecule is OB(O)O.[Dy]. The van der Waals surface area contributed by atoms with Crippen LogP contribution in [-0.2, 0) is 0 Å². The molecule has 0 radical (unpaired) electrons. The van der Waals surface area contributed by atoms with Crippen molar-refractivity contribution in [1.82, 2.24) is 0 Å². The summed E-state index contributed by atoms with van der Waals surface area (Å²) >= 11 is 0. The minimum Gasteiger partial charge on any atom is -0.402 e. The second-order valence-corrected chi connectivity index (χ2v) is 0.346. The van der Waals surface area contributed by atoms with Crippen LogP contribution in [-0.4, -0.2) is 22.4 Å². The zero-order valence-corrected chi connectivity index (χ0v) is 4.26. The van der Waals surface area contributed by atoms with Crippen LogP contribution in [0.5, 0.6) is 0 Å². The molecule has 0 unspecified atom stereocenters. The zero-order valence-electron chi connectivity index (χ0n) is 2.24. The van der Waals surface area contributed by atoms with Crippen LogP contribution >= 0.6 is 0 Å². The van der Waals surface area contributed by atoms with Crippen molar-refractivity contribution in [2.75, 3.05) is 0 Å². The molecular weight excluding hydrogens is 221 g/mol. The van der Waals surface area contributed by atoms with Gasteiger partial charge in [0.05, 0.1) is 0 Å². The second-order valence-electron chi connectivity index (χ2n) is 0.346. The van der Waals surface area contributed by atoms with Crippen LogP contribution in [0.1, 0.15) is 0 Å². The molecule has 0 atom stereocenters. The predicted octanol–water partition coefficient (Wildman–Crippen LogP) is -2.05. The van der Waals surface area contributed by atoms with Crippen molar-refractivity contribution in [2.24, 2.45) is 0 Å². The van der Waals surface area contributed by atoms with Gasteiger partial charge in [-0.3, -0.25) is 0 Å². The van der Waals surface area contributed by atoms with E-state index in [1.54, 1.807) is 0 Å². The second kappa shape index (κ2) is 5.22. The summed E-state index contributed by atoms with van der Waals surface area (Å²) in [7, 11) is -2.17. The van der Waals surface area contributed by atoms with Gasteiger partial charge in [0.25, 0.3) is 0 Å². The van der Waals surface area contributed by atoms with Crippen molar-refractivity contribution in [3.05, 3.63) is 0 Å². The smallest absolute Gasteiger partial charge is 0.402 e. The Morgan fingerprint density at radius 3 is 1.00 bits per heavy atom. The molecule has 0 aromatic heterocycles. The van der Waals surface area contributed by atoms with Crippen LogP contribution in [0.2, 0.25) is 0 Å². The fourth-order valence-electron chi connectivity index (χ4n) is 0. The van der Waals surface area contributed by atoms with Crippen molar-refractivity contribution in [1.29, 1.82) is 0 Å². The number of rotatable bonds is 0. The third kappa shape index (κ3) is 36.4. The van der Waals surface area contributed by atoms with Crippen LogP contribution in [0.25, 0.3) is 0 Å². The fourth-order valence-corrected chi connectivity index (χ4v) is 0. The van der Waals surface area contributed by atoms with Crippen LogP contribution in [0.15, 0.2) is 0 Å². The normalized spacial score (nSPS) is 5.40. The molecule has 0 saturated heterocycles. The Hall–Kier alpha value is 1.22. The summed E-state index contributed by atoms with van der Waals surface area (Å²) in [5.41, 5.74) is 0. The molecule has 0 fully saturated rings. The molecule has 0 rings (SSSR count). The van der Waals surface area contributed by atoms with Gasteiger partial charge in [0, 0.05) is 38.2 Å². The number of hydrogen-bond donors (Lipinski definition) is 3. The maximum absolute atomic E-state index is 7.17. The molecule has 34 valence electrons. The standard InChI is InChI=1S/BH3O3.Dy/c2-1(3)4;/h2-4H;. The van der Waals surface area contributed by atoms with E-state index >= 15 is 0 Å². The van der Waals surface area contributed by atoms with Crippen LogP contribution in [0.3, 0.4) is 0 Å². The Balaban J connectivity index is 0. The minimum atomic E-state index is -2.17. The van der Waals surface area contributed by atoms with Gasteiger partial charge in [0.2, 0.25) is 0 Å². The molecular formula is H3BDyO3. The van der Waals surface area contributed by atoms with Gasteiger partial charge in [-0.1, -0.05) is 0 Å². The first kappa shape index (κ1) is 9.52. The Morgan fingerprint density at radius 1 is 1.00 bits per heavy atom. The van der Waals surface area contributed by atoms with Gasteiger partial charge in [-0.05, 0) is 0 Å². The molecule has 0 aliphatic rings. The Kier molecular flexibility index (Phi) is 9.93. The summed E-state index contributed by atoms with van der Waals surface area (Å²) in [6.45, 7) is 0. The molecule has 0 aromatic carbocycles. The first-order chi connectivity index (χ1) is 1.73. The molecule has 3 N–H and O–H groups in total. The predicted molar refractivity (Wildman–Crippen MR) is 12.4 cm³/mol.